The van der Waals surface area contributed by atoms with Crippen molar-refractivity contribution in [2.45, 2.75) is 21.9 Å². The molecule has 31 heavy (non-hydrogen) atoms. The van der Waals surface area contributed by atoms with Crippen molar-refractivity contribution in [3.63, 3.8) is 0 Å². The summed E-state index contributed by atoms with van der Waals surface area (Å²) in [6.07, 6.45) is 5.56. The average Bonchev–Trinajstić information content (AvgIpc) is 3.20. The van der Waals surface area contributed by atoms with Gasteiger partial charge in [0.25, 0.3) is 5.91 Å². The molecule has 3 aromatic rings. The SMILES string of the molecule is O=C(NCc1ccccn1)c1ccc2c(c1)N=C(c1ccc(Cl)cn1)C1SC=CC1S2. The summed E-state index contributed by atoms with van der Waals surface area (Å²) in [6.45, 7) is 0.375. The van der Waals surface area contributed by atoms with Gasteiger partial charge >= 0.3 is 0 Å². The molecule has 4 heterocycles. The van der Waals surface area contributed by atoms with Gasteiger partial charge in [-0.15, -0.1) is 23.5 Å². The molecule has 2 aromatic heterocycles. The van der Waals surface area contributed by atoms with Crippen molar-refractivity contribution in [3.8, 4) is 0 Å². The second kappa shape index (κ2) is 8.86. The van der Waals surface area contributed by atoms with Crippen LogP contribution in [0.2, 0.25) is 5.02 Å². The standard InChI is InChI=1S/C23H17ClN4OS2/c24-15-5-6-17(26-12-15)21-22-20(8-10-30-22)31-19-7-4-14(11-18(19)28-21)23(29)27-13-16-3-1-2-9-25-16/h1-12,20,22H,13H2,(H,27,29). The fraction of sp³-hybridized carbons (Fsp3) is 0.130. The number of thioether (sulfide) groups is 2. The molecule has 2 aliphatic rings. The third kappa shape index (κ3) is 4.39. The molecule has 1 amide bonds. The Balaban J connectivity index is 1.46. The van der Waals surface area contributed by atoms with Crippen LogP contribution in [0.1, 0.15) is 21.7 Å². The number of benzene rings is 1. The van der Waals surface area contributed by atoms with Crippen molar-refractivity contribution in [2.75, 3.05) is 0 Å². The summed E-state index contributed by atoms with van der Waals surface area (Å²) >= 11 is 9.54. The molecule has 1 aromatic carbocycles. The predicted octanol–water partition coefficient (Wildman–Crippen LogP) is 5.28. The van der Waals surface area contributed by atoms with Crippen LogP contribution < -0.4 is 5.32 Å². The number of pyridine rings is 2. The van der Waals surface area contributed by atoms with E-state index >= 15 is 0 Å². The minimum Gasteiger partial charge on any atom is -0.346 e. The van der Waals surface area contributed by atoms with E-state index in [1.807, 2.05) is 48.5 Å². The normalized spacial score (nSPS) is 19.2. The fourth-order valence-electron chi connectivity index (χ4n) is 3.40. The highest BCUT2D eigenvalue weighted by Gasteiger charge is 2.34. The molecular weight excluding hydrogens is 448 g/mol. The van der Waals surface area contributed by atoms with Crippen molar-refractivity contribution in [2.24, 2.45) is 4.99 Å². The Hall–Kier alpha value is -2.61. The van der Waals surface area contributed by atoms with Gasteiger partial charge in [0.15, 0.2) is 0 Å². The van der Waals surface area contributed by atoms with Crippen LogP contribution in [0, 0.1) is 0 Å². The van der Waals surface area contributed by atoms with Crippen molar-refractivity contribution < 1.29 is 4.79 Å². The number of nitrogens with one attached hydrogen (secondary N) is 1. The number of carbonyl (C=O) groups is 1. The monoisotopic (exact) mass is 464 g/mol. The lowest BCUT2D eigenvalue weighted by Gasteiger charge is -2.17. The Morgan fingerprint density at radius 1 is 1.13 bits per heavy atom. The third-order valence-corrected chi connectivity index (χ3v) is 7.75. The van der Waals surface area contributed by atoms with Gasteiger partial charge in [0.2, 0.25) is 0 Å². The number of rotatable bonds is 4. The first kappa shape index (κ1) is 20.3. The molecule has 0 fully saturated rings. The maximum Gasteiger partial charge on any atom is 0.251 e. The first-order valence-corrected chi connectivity index (χ1v) is 11.9. The van der Waals surface area contributed by atoms with Gasteiger partial charge in [-0.05, 0) is 47.9 Å². The summed E-state index contributed by atoms with van der Waals surface area (Å²) in [5.74, 6) is -0.154. The van der Waals surface area contributed by atoms with Gasteiger partial charge in [-0.1, -0.05) is 23.7 Å². The minimum absolute atomic E-state index is 0.154. The van der Waals surface area contributed by atoms with Gasteiger partial charge in [0.1, 0.15) is 0 Å². The summed E-state index contributed by atoms with van der Waals surface area (Å²) in [4.78, 5) is 27.5. The lowest BCUT2D eigenvalue weighted by molar-refractivity contribution is 0.0950. The Morgan fingerprint density at radius 3 is 2.87 bits per heavy atom. The van der Waals surface area contributed by atoms with Gasteiger partial charge in [-0.25, -0.2) is 4.99 Å². The van der Waals surface area contributed by atoms with E-state index in [-0.39, 0.29) is 16.4 Å². The highest BCUT2D eigenvalue weighted by Crippen LogP contribution is 2.45. The molecule has 1 N–H and O–H groups in total. The Bertz CT molecular complexity index is 1180. The van der Waals surface area contributed by atoms with Gasteiger partial charge in [-0.3, -0.25) is 14.8 Å². The molecule has 2 unspecified atom stereocenters. The van der Waals surface area contributed by atoms with E-state index in [9.17, 15) is 4.79 Å². The maximum absolute atomic E-state index is 12.7. The summed E-state index contributed by atoms with van der Waals surface area (Å²) in [7, 11) is 0. The van der Waals surface area contributed by atoms with E-state index < -0.39 is 0 Å². The van der Waals surface area contributed by atoms with Crippen LogP contribution in [-0.4, -0.2) is 32.1 Å². The molecule has 0 saturated heterocycles. The minimum atomic E-state index is -0.154. The summed E-state index contributed by atoms with van der Waals surface area (Å²) in [5, 5.41) is 6.06. The molecule has 2 atom stereocenters. The summed E-state index contributed by atoms with van der Waals surface area (Å²) in [6, 6.07) is 15.0. The molecule has 0 radical (unpaired) electrons. The van der Waals surface area contributed by atoms with Crippen LogP contribution in [0.25, 0.3) is 0 Å². The molecular formula is C23H17ClN4OS2. The Kier molecular flexibility index (Phi) is 5.80. The molecule has 0 bridgehead atoms. The van der Waals surface area contributed by atoms with Crippen LogP contribution in [0.3, 0.4) is 0 Å². The summed E-state index contributed by atoms with van der Waals surface area (Å²) < 4.78 is 0. The second-order valence-electron chi connectivity index (χ2n) is 7.01. The quantitative estimate of drug-likeness (QED) is 0.568. The number of aliphatic imine (C=N–C) groups is 1. The molecule has 0 spiro atoms. The molecule has 5 rings (SSSR count). The highest BCUT2D eigenvalue weighted by atomic mass is 35.5. The molecule has 154 valence electrons. The lowest BCUT2D eigenvalue weighted by atomic mass is 10.1. The first-order chi connectivity index (χ1) is 15.2. The van der Waals surface area contributed by atoms with E-state index in [4.69, 9.17) is 16.6 Å². The smallest absolute Gasteiger partial charge is 0.251 e. The van der Waals surface area contributed by atoms with E-state index in [1.54, 1.807) is 35.9 Å². The number of hydrogen-bond donors (Lipinski definition) is 1. The summed E-state index contributed by atoms with van der Waals surface area (Å²) in [5.41, 5.74) is 3.86. The van der Waals surface area contributed by atoms with Crippen molar-refractivity contribution in [3.05, 3.63) is 94.4 Å². The molecule has 0 saturated carbocycles. The van der Waals surface area contributed by atoms with Gasteiger partial charge in [0, 0.05) is 28.1 Å². The maximum atomic E-state index is 12.7. The Morgan fingerprint density at radius 2 is 2.06 bits per heavy atom. The fourth-order valence-corrected chi connectivity index (χ4v) is 6.02. The highest BCUT2D eigenvalue weighted by molar-refractivity contribution is 8.07. The van der Waals surface area contributed by atoms with E-state index in [1.165, 1.54) is 0 Å². The van der Waals surface area contributed by atoms with Gasteiger partial charge in [-0.2, -0.15) is 0 Å². The molecule has 5 nitrogen and oxygen atoms in total. The van der Waals surface area contributed by atoms with Crippen LogP contribution in [-0.2, 0) is 6.54 Å². The predicted molar refractivity (Wildman–Crippen MR) is 127 cm³/mol. The van der Waals surface area contributed by atoms with E-state index in [0.29, 0.717) is 17.1 Å². The molecule has 2 aliphatic heterocycles. The van der Waals surface area contributed by atoms with Crippen LogP contribution in [0.5, 0.6) is 0 Å². The zero-order chi connectivity index (χ0) is 21.2. The second-order valence-corrected chi connectivity index (χ2v) is 9.72. The van der Waals surface area contributed by atoms with Crippen LogP contribution in [0.15, 0.2) is 82.3 Å². The van der Waals surface area contributed by atoms with Crippen molar-refractivity contribution in [1.82, 2.24) is 15.3 Å². The van der Waals surface area contributed by atoms with E-state index in [0.717, 1.165) is 27.7 Å². The van der Waals surface area contributed by atoms with Crippen LogP contribution in [0.4, 0.5) is 5.69 Å². The number of amides is 1. The number of aromatic nitrogens is 2. The number of nitrogens with zero attached hydrogens (tertiary/aromatic N) is 3. The Labute approximate surface area is 193 Å². The number of carbonyl (C=O) groups excluding carboxylic acids is 1. The van der Waals surface area contributed by atoms with Gasteiger partial charge in [0.05, 0.1) is 39.6 Å². The lowest BCUT2D eigenvalue weighted by Crippen LogP contribution is -2.25. The first-order valence-electron chi connectivity index (χ1n) is 9.69. The molecule has 8 heteroatoms. The number of hydrogen-bond acceptors (Lipinski definition) is 6. The van der Waals surface area contributed by atoms with Crippen molar-refractivity contribution >= 4 is 52.4 Å². The van der Waals surface area contributed by atoms with Gasteiger partial charge < -0.3 is 5.32 Å². The average molecular weight is 465 g/mol. The topological polar surface area (TPSA) is 67.2 Å². The largest absolute Gasteiger partial charge is 0.346 e. The van der Waals surface area contributed by atoms with E-state index in [2.05, 4.69) is 26.8 Å². The zero-order valence-corrected chi connectivity index (χ0v) is 18.6. The van der Waals surface area contributed by atoms with Crippen LogP contribution >= 0.6 is 35.1 Å². The molecule has 0 aliphatic carbocycles. The number of fused-ring (bicyclic) bond motifs is 2. The van der Waals surface area contributed by atoms with Crippen molar-refractivity contribution in [1.29, 1.82) is 0 Å². The zero-order valence-electron chi connectivity index (χ0n) is 16.2. The number of halogens is 1. The third-order valence-electron chi connectivity index (χ3n) is 4.93.